The lowest BCUT2D eigenvalue weighted by atomic mass is 9.80. The summed E-state index contributed by atoms with van der Waals surface area (Å²) in [5.74, 6) is -0.779. The Hall–Kier alpha value is -3.93. The van der Waals surface area contributed by atoms with Crippen LogP contribution in [-0.2, 0) is 19.8 Å². The maximum absolute atomic E-state index is 14.0. The van der Waals surface area contributed by atoms with Gasteiger partial charge in [-0.25, -0.2) is 0 Å². The monoisotopic (exact) mass is 487 g/mol. The fourth-order valence-corrected chi connectivity index (χ4v) is 5.39. The molecule has 2 aromatic rings. The van der Waals surface area contributed by atoms with Gasteiger partial charge in [-0.1, -0.05) is 32.0 Å². The quantitative estimate of drug-likeness (QED) is 0.648. The summed E-state index contributed by atoms with van der Waals surface area (Å²) >= 11 is 0. The van der Waals surface area contributed by atoms with Crippen molar-refractivity contribution in [3.8, 4) is 6.07 Å². The molecule has 1 aromatic heterocycles. The van der Waals surface area contributed by atoms with Gasteiger partial charge in [0.15, 0.2) is 0 Å². The molecule has 1 saturated heterocycles. The fourth-order valence-electron chi connectivity index (χ4n) is 5.39. The molecular weight excluding hydrogens is 458 g/mol. The zero-order chi connectivity index (χ0) is 25.6. The van der Waals surface area contributed by atoms with Gasteiger partial charge in [0, 0.05) is 30.8 Å². The Kier molecular flexibility index (Phi) is 5.91. The average Bonchev–Trinajstić information content (AvgIpc) is 3.58. The molecule has 186 valence electrons. The van der Waals surface area contributed by atoms with Crippen LogP contribution in [0.15, 0.2) is 47.4 Å². The lowest BCUT2D eigenvalue weighted by Crippen LogP contribution is -2.45. The lowest BCUT2D eigenvalue weighted by molar-refractivity contribution is -0.135. The zero-order valence-corrected chi connectivity index (χ0v) is 20.4. The van der Waals surface area contributed by atoms with E-state index in [0.29, 0.717) is 12.1 Å². The van der Waals surface area contributed by atoms with Crippen LogP contribution in [0, 0.1) is 23.2 Å². The van der Waals surface area contributed by atoms with E-state index in [1.807, 2.05) is 38.1 Å². The minimum atomic E-state index is -1.000. The summed E-state index contributed by atoms with van der Waals surface area (Å²) in [4.78, 5) is 54.2. The van der Waals surface area contributed by atoms with Crippen molar-refractivity contribution in [3.05, 3.63) is 58.5 Å². The van der Waals surface area contributed by atoms with Crippen LogP contribution in [0.3, 0.4) is 0 Å². The third-order valence-electron chi connectivity index (χ3n) is 7.41. The molecule has 0 bridgehead atoms. The van der Waals surface area contributed by atoms with Crippen molar-refractivity contribution in [2.24, 2.45) is 11.8 Å². The maximum Gasteiger partial charge on any atom is 0.275 e. The minimum absolute atomic E-state index is 0.0638. The summed E-state index contributed by atoms with van der Waals surface area (Å²) in [6.07, 6.45) is 3.72. The number of para-hydroxylation sites is 1. The molecule has 1 saturated carbocycles. The highest BCUT2D eigenvalue weighted by Gasteiger charge is 2.56. The molecule has 2 fully saturated rings. The molecule has 9 nitrogen and oxygen atoms in total. The third-order valence-corrected chi connectivity index (χ3v) is 7.41. The van der Waals surface area contributed by atoms with E-state index in [1.54, 1.807) is 18.3 Å². The van der Waals surface area contributed by atoms with Gasteiger partial charge in [-0.3, -0.25) is 19.2 Å². The van der Waals surface area contributed by atoms with Gasteiger partial charge in [0.2, 0.25) is 17.7 Å². The summed E-state index contributed by atoms with van der Waals surface area (Å²) < 4.78 is 1.35. The highest BCUT2D eigenvalue weighted by atomic mass is 16.2. The van der Waals surface area contributed by atoms with Crippen LogP contribution in [-0.4, -0.2) is 39.8 Å². The number of likely N-dealkylation sites (tertiary alicyclic amines) is 1. The Labute approximate surface area is 209 Å². The molecule has 1 aromatic carbocycles. The Morgan fingerprint density at radius 3 is 2.64 bits per heavy atom. The van der Waals surface area contributed by atoms with Gasteiger partial charge in [-0.05, 0) is 48.9 Å². The highest BCUT2D eigenvalue weighted by molar-refractivity contribution is 6.07. The minimum Gasteiger partial charge on any atom is -0.325 e. The van der Waals surface area contributed by atoms with E-state index in [-0.39, 0.29) is 48.2 Å². The number of pyridine rings is 1. The maximum atomic E-state index is 14.0. The lowest BCUT2D eigenvalue weighted by Gasteiger charge is -2.29. The first-order valence-corrected chi connectivity index (χ1v) is 12.4. The Balaban J connectivity index is 1.49. The normalized spacial score (nSPS) is 23.3. The molecular formula is C27H29N5O4. The summed E-state index contributed by atoms with van der Waals surface area (Å²) in [7, 11) is 0. The number of carbonyl (C=O) groups excluding carboxylic acids is 3. The topological polar surface area (TPSA) is 124 Å². The second kappa shape index (κ2) is 8.94. The van der Waals surface area contributed by atoms with Crippen LogP contribution in [0.2, 0.25) is 0 Å². The van der Waals surface area contributed by atoms with E-state index in [1.165, 1.54) is 9.47 Å². The fraction of sp³-hybridized carbons (Fsp3) is 0.444. The first kappa shape index (κ1) is 23.8. The smallest absolute Gasteiger partial charge is 0.275 e. The Morgan fingerprint density at radius 1 is 1.19 bits per heavy atom. The first-order chi connectivity index (χ1) is 17.2. The van der Waals surface area contributed by atoms with Gasteiger partial charge in [-0.15, -0.1) is 0 Å². The Morgan fingerprint density at radius 2 is 1.94 bits per heavy atom. The van der Waals surface area contributed by atoms with Crippen molar-refractivity contribution in [3.63, 3.8) is 0 Å². The molecule has 9 heteroatoms. The number of nitrogens with zero attached hydrogens (tertiary/aromatic N) is 3. The number of nitriles is 1. The molecule has 1 aliphatic carbocycles. The van der Waals surface area contributed by atoms with E-state index in [0.717, 1.165) is 18.4 Å². The summed E-state index contributed by atoms with van der Waals surface area (Å²) in [6, 6.07) is 11.1. The van der Waals surface area contributed by atoms with E-state index in [4.69, 9.17) is 0 Å². The zero-order valence-electron chi connectivity index (χ0n) is 20.4. The summed E-state index contributed by atoms with van der Waals surface area (Å²) in [5.41, 5.74) is 0.155. The molecule has 3 atom stereocenters. The predicted octanol–water partition coefficient (Wildman–Crippen LogP) is 2.80. The van der Waals surface area contributed by atoms with Crippen molar-refractivity contribution in [2.75, 3.05) is 17.2 Å². The first-order valence-electron chi connectivity index (χ1n) is 12.4. The highest BCUT2D eigenvalue weighted by Crippen LogP contribution is 2.46. The van der Waals surface area contributed by atoms with E-state index >= 15 is 0 Å². The van der Waals surface area contributed by atoms with Crippen LogP contribution in [0.4, 0.5) is 11.4 Å². The standard InChI is InChI=1S/C27H29N5O4/c1-16(2)12-22(31-11-5-8-21(24(31)34)29-23(33)17-9-10-17)25(35)32-15-27(13-18(32)14-28)19-6-3-4-7-20(19)30-26(27)36/h3-8,11,16-18,22H,9-10,12-13,15H2,1-2H3,(H,29,33)(H,30,36)/t18-,22-,27-/m0/s1. The number of amides is 3. The molecule has 1 spiro atoms. The van der Waals surface area contributed by atoms with Crippen molar-refractivity contribution >= 4 is 29.1 Å². The molecule has 3 amide bonds. The van der Waals surface area contributed by atoms with Gasteiger partial charge in [-0.2, -0.15) is 5.26 Å². The van der Waals surface area contributed by atoms with E-state index in [9.17, 15) is 24.4 Å². The number of rotatable bonds is 6. The summed E-state index contributed by atoms with van der Waals surface area (Å²) in [6.45, 7) is 3.98. The van der Waals surface area contributed by atoms with Crippen LogP contribution < -0.4 is 16.2 Å². The number of benzene rings is 1. The van der Waals surface area contributed by atoms with Crippen LogP contribution in [0.5, 0.6) is 0 Å². The number of carbonyl (C=O) groups is 3. The molecule has 0 unspecified atom stereocenters. The van der Waals surface area contributed by atoms with Crippen molar-refractivity contribution in [1.29, 1.82) is 5.26 Å². The predicted molar refractivity (Wildman–Crippen MR) is 133 cm³/mol. The number of hydrogen-bond acceptors (Lipinski definition) is 5. The largest absolute Gasteiger partial charge is 0.325 e. The molecule has 2 aliphatic heterocycles. The number of nitrogens with one attached hydrogen (secondary N) is 2. The van der Waals surface area contributed by atoms with Gasteiger partial charge < -0.3 is 20.1 Å². The van der Waals surface area contributed by atoms with Gasteiger partial charge in [0.1, 0.15) is 17.8 Å². The molecule has 0 radical (unpaired) electrons. The third kappa shape index (κ3) is 3.96. The second-order valence-electron chi connectivity index (χ2n) is 10.4. The molecule has 2 N–H and O–H groups in total. The van der Waals surface area contributed by atoms with E-state index < -0.39 is 23.1 Å². The summed E-state index contributed by atoms with van der Waals surface area (Å²) in [5, 5.41) is 15.6. The van der Waals surface area contributed by atoms with Crippen LogP contribution in [0.25, 0.3) is 0 Å². The number of aromatic nitrogens is 1. The molecule has 36 heavy (non-hydrogen) atoms. The van der Waals surface area contributed by atoms with Gasteiger partial charge >= 0.3 is 0 Å². The molecule has 3 heterocycles. The van der Waals surface area contributed by atoms with Crippen LogP contribution in [0.1, 0.15) is 51.1 Å². The van der Waals surface area contributed by atoms with Gasteiger partial charge in [0.05, 0.1) is 11.5 Å². The molecule has 5 rings (SSSR count). The SMILES string of the molecule is CC(C)C[C@@H](C(=O)N1C[C@]2(C[C@H]1C#N)C(=O)Nc1ccccc12)n1cccc(NC(=O)C2CC2)c1=O. The van der Waals surface area contributed by atoms with E-state index in [2.05, 4.69) is 16.7 Å². The molecule has 3 aliphatic rings. The average molecular weight is 488 g/mol. The van der Waals surface area contributed by atoms with Gasteiger partial charge in [0.25, 0.3) is 5.56 Å². The number of fused-ring (bicyclic) bond motifs is 2. The number of hydrogen-bond donors (Lipinski definition) is 2. The second-order valence-corrected chi connectivity index (χ2v) is 10.4. The van der Waals surface area contributed by atoms with Crippen molar-refractivity contribution in [2.45, 2.75) is 57.0 Å². The van der Waals surface area contributed by atoms with Crippen molar-refractivity contribution in [1.82, 2.24) is 9.47 Å². The number of anilines is 2. The van der Waals surface area contributed by atoms with Crippen LogP contribution >= 0.6 is 0 Å². The Bertz CT molecular complexity index is 1340. The van der Waals surface area contributed by atoms with Crippen molar-refractivity contribution < 1.29 is 14.4 Å².